The van der Waals surface area contributed by atoms with Gasteiger partial charge in [-0.1, -0.05) is 23.7 Å². The fourth-order valence-corrected chi connectivity index (χ4v) is 3.00. The molecule has 0 aliphatic heterocycles. The number of alkyl halides is 3. The van der Waals surface area contributed by atoms with Crippen molar-refractivity contribution < 1.29 is 37.3 Å². The van der Waals surface area contributed by atoms with Crippen molar-refractivity contribution in [2.75, 3.05) is 12.4 Å². The number of halogens is 4. The number of benzene rings is 3. The first-order valence-corrected chi connectivity index (χ1v) is 9.77. The predicted molar refractivity (Wildman–Crippen MR) is 115 cm³/mol. The fourth-order valence-electron chi connectivity index (χ4n) is 2.83. The first-order chi connectivity index (χ1) is 15.6. The zero-order valence-corrected chi connectivity index (χ0v) is 17.8. The molecule has 6 nitrogen and oxygen atoms in total. The molecule has 172 valence electrons. The molecule has 3 rings (SSSR count). The van der Waals surface area contributed by atoms with Crippen LogP contribution in [-0.2, 0) is 17.5 Å². The molecule has 0 bridgehead atoms. The molecule has 10 heteroatoms. The molecule has 0 saturated carbocycles. The third-order valence-corrected chi connectivity index (χ3v) is 4.76. The van der Waals surface area contributed by atoms with Gasteiger partial charge in [-0.2, -0.15) is 13.2 Å². The van der Waals surface area contributed by atoms with Gasteiger partial charge in [0.1, 0.15) is 18.1 Å². The van der Waals surface area contributed by atoms with Crippen LogP contribution in [0.4, 0.5) is 18.9 Å². The molecule has 3 aromatic carbocycles. The van der Waals surface area contributed by atoms with Crippen molar-refractivity contribution >= 4 is 29.2 Å². The molecule has 0 aliphatic rings. The van der Waals surface area contributed by atoms with E-state index in [2.05, 4.69) is 10.1 Å². The van der Waals surface area contributed by atoms with Gasteiger partial charge >= 0.3 is 12.1 Å². The number of esters is 1. The van der Waals surface area contributed by atoms with Crippen molar-refractivity contribution in [3.05, 3.63) is 87.9 Å². The number of phenolic OH excluding ortho intramolecular Hbond substituents is 1. The molecular weight excluding hydrogens is 463 g/mol. The third-order valence-electron chi connectivity index (χ3n) is 4.53. The lowest BCUT2D eigenvalue weighted by atomic mass is 10.1. The van der Waals surface area contributed by atoms with Gasteiger partial charge in [0.2, 0.25) is 0 Å². The summed E-state index contributed by atoms with van der Waals surface area (Å²) in [7, 11) is 1.25. The van der Waals surface area contributed by atoms with Gasteiger partial charge in [-0.3, -0.25) is 4.79 Å². The van der Waals surface area contributed by atoms with Crippen LogP contribution < -0.4 is 10.1 Å². The number of nitrogens with one attached hydrogen (secondary N) is 1. The van der Waals surface area contributed by atoms with Crippen molar-refractivity contribution in [2.24, 2.45) is 0 Å². The first kappa shape index (κ1) is 23.9. The number of methoxy groups -OCH3 is 1. The summed E-state index contributed by atoms with van der Waals surface area (Å²) in [5.74, 6) is -1.81. The van der Waals surface area contributed by atoms with Crippen LogP contribution in [0.1, 0.15) is 31.8 Å². The minimum absolute atomic E-state index is 0.0325. The Morgan fingerprint density at radius 3 is 2.36 bits per heavy atom. The van der Waals surface area contributed by atoms with E-state index in [1.165, 1.54) is 37.4 Å². The maximum absolute atomic E-state index is 13.2. The average molecular weight is 480 g/mol. The zero-order valence-electron chi connectivity index (χ0n) is 17.1. The molecule has 1 amide bonds. The van der Waals surface area contributed by atoms with Gasteiger partial charge in [0, 0.05) is 5.02 Å². The number of anilines is 1. The fraction of sp³-hybridized carbons (Fsp3) is 0.130. The van der Waals surface area contributed by atoms with Crippen LogP contribution in [0.3, 0.4) is 0 Å². The van der Waals surface area contributed by atoms with Crippen LogP contribution in [0.5, 0.6) is 11.5 Å². The molecule has 0 radical (unpaired) electrons. The molecule has 0 aliphatic carbocycles. The molecule has 3 aromatic rings. The van der Waals surface area contributed by atoms with Crippen molar-refractivity contribution in [1.29, 1.82) is 0 Å². The Balaban J connectivity index is 1.86. The highest BCUT2D eigenvalue weighted by Gasteiger charge is 2.31. The van der Waals surface area contributed by atoms with Gasteiger partial charge < -0.3 is 19.9 Å². The minimum atomic E-state index is -4.65. The second-order valence-corrected chi connectivity index (χ2v) is 7.24. The summed E-state index contributed by atoms with van der Waals surface area (Å²) in [5, 5.41) is 12.4. The summed E-state index contributed by atoms with van der Waals surface area (Å²) in [4.78, 5) is 24.1. The van der Waals surface area contributed by atoms with E-state index in [-0.39, 0.29) is 28.6 Å². The number of rotatable bonds is 6. The highest BCUT2D eigenvalue weighted by atomic mass is 35.5. The monoisotopic (exact) mass is 479 g/mol. The van der Waals surface area contributed by atoms with Gasteiger partial charge in [-0.05, 0) is 54.1 Å². The lowest BCUT2D eigenvalue weighted by molar-refractivity contribution is -0.137. The van der Waals surface area contributed by atoms with Gasteiger partial charge in [0.05, 0.1) is 29.5 Å². The number of hydrogen-bond acceptors (Lipinski definition) is 5. The van der Waals surface area contributed by atoms with E-state index in [0.29, 0.717) is 11.1 Å². The van der Waals surface area contributed by atoms with Crippen molar-refractivity contribution in [2.45, 2.75) is 12.8 Å². The Bertz CT molecular complexity index is 1180. The third kappa shape index (κ3) is 5.95. The van der Waals surface area contributed by atoms with Crippen LogP contribution >= 0.6 is 11.6 Å². The van der Waals surface area contributed by atoms with Crippen molar-refractivity contribution in [1.82, 2.24) is 0 Å². The van der Waals surface area contributed by atoms with E-state index in [4.69, 9.17) is 16.3 Å². The number of ether oxygens (including phenoxy) is 2. The van der Waals surface area contributed by atoms with Gasteiger partial charge in [0.25, 0.3) is 5.91 Å². The molecule has 33 heavy (non-hydrogen) atoms. The van der Waals surface area contributed by atoms with Crippen molar-refractivity contribution in [3.8, 4) is 11.5 Å². The Hall–Kier alpha value is -3.72. The molecule has 0 fully saturated rings. The number of carbonyl (C=O) groups is 2. The van der Waals surface area contributed by atoms with E-state index in [1.807, 2.05) is 0 Å². The summed E-state index contributed by atoms with van der Waals surface area (Å²) in [6, 6.07) is 12.6. The lowest BCUT2D eigenvalue weighted by Crippen LogP contribution is -2.15. The topological polar surface area (TPSA) is 84.9 Å². The summed E-state index contributed by atoms with van der Waals surface area (Å²) >= 11 is 5.84. The van der Waals surface area contributed by atoms with Crippen LogP contribution in [-0.4, -0.2) is 24.1 Å². The predicted octanol–water partition coefficient (Wildman–Crippen LogP) is 5.68. The van der Waals surface area contributed by atoms with E-state index >= 15 is 0 Å². The molecule has 0 saturated heterocycles. The number of hydrogen-bond donors (Lipinski definition) is 2. The SMILES string of the molecule is COC(=O)c1ccc(COc2ccc(C(F)(F)F)cc2NC(=O)c2cc(Cl)ccc2O)cc1. The van der Waals surface area contributed by atoms with Crippen LogP contribution in [0.25, 0.3) is 0 Å². The molecule has 0 unspecified atom stereocenters. The summed E-state index contributed by atoms with van der Waals surface area (Å²) in [6.45, 7) is -0.0574. The normalized spacial score (nSPS) is 11.1. The van der Waals surface area contributed by atoms with E-state index in [0.717, 1.165) is 18.2 Å². The summed E-state index contributed by atoms with van der Waals surface area (Å²) < 4.78 is 49.9. The Morgan fingerprint density at radius 1 is 1.03 bits per heavy atom. The Kier molecular flexibility index (Phi) is 7.13. The number of amides is 1. The van der Waals surface area contributed by atoms with Crippen LogP contribution in [0, 0.1) is 0 Å². The molecule has 0 atom stereocenters. The number of carbonyl (C=O) groups excluding carboxylic acids is 2. The largest absolute Gasteiger partial charge is 0.507 e. The lowest BCUT2D eigenvalue weighted by Gasteiger charge is -2.16. The second-order valence-electron chi connectivity index (χ2n) is 6.80. The van der Waals surface area contributed by atoms with E-state index in [1.54, 1.807) is 12.1 Å². The maximum atomic E-state index is 13.2. The van der Waals surface area contributed by atoms with Gasteiger partial charge in [-0.15, -0.1) is 0 Å². The second kappa shape index (κ2) is 9.83. The standard InChI is InChI=1S/C23H17ClF3NO5/c1-32-22(31)14-4-2-13(3-5-14)12-33-20-9-6-15(23(25,26)27)10-18(20)28-21(30)17-11-16(24)7-8-19(17)29/h2-11,29H,12H2,1H3,(H,28,30). The zero-order chi connectivity index (χ0) is 24.2. The van der Waals surface area contributed by atoms with Crippen LogP contribution in [0.15, 0.2) is 60.7 Å². The average Bonchev–Trinajstić information content (AvgIpc) is 2.78. The molecule has 0 aromatic heterocycles. The Labute approximate surface area is 191 Å². The van der Waals surface area contributed by atoms with Gasteiger partial charge in [0.15, 0.2) is 0 Å². The van der Waals surface area contributed by atoms with Gasteiger partial charge in [-0.25, -0.2) is 4.79 Å². The maximum Gasteiger partial charge on any atom is 0.416 e. The molecule has 2 N–H and O–H groups in total. The summed E-state index contributed by atoms with van der Waals surface area (Å²) in [5.41, 5.74) is -0.523. The van der Waals surface area contributed by atoms with Crippen molar-refractivity contribution in [3.63, 3.8) is 0 Å². The molecule has 0 heterocycles. The first-order valence-electron chi connectivity index (χ1n) is 9.39. The molecule has 0 spiro atoms. The van der Waals surface area contributed by atoms with E-state index < -0.39 is 29.4 Å². The summed E-state index contributed by atoms with van der Waals surface area (Å²) in [6.07, 6.45) is -4.65. The smallest absolute Gasteiger partial charge is 0.416 e. The quantitative estimate of drug-likeness (QED) is 0.444. The number of phenols is 1. The highest BCUT2D eigenvalue weighted by molar-refractivity contribution is 6.31. The van der Waals surface area contributed by atoms with Crippen LogP contribution in [0.2, 0.25) is 5.02 Å². The minimum Gasteiger partial charge on any atom is -0.507 e. The highest BCUT2D eigenvalue weighted by Crippen LogP contribution is 2.36. The van der Waals surface area contributed by atoms with E-state index in [9.17, 15) is 27.9 Å². The Morgan fingerprint density at radius 2 is 1.73 bits per heavy atom. The number of aromatic hydroxyl groups is 1. The molecular formula is C23H17ClF3NO5.